The van der Waals surface area contributed by atoms with Gasteiger partial charge in [0.05, 0.1) is 0 Å². The Balaban J connectivity index is 3.12. The van der Waals surface area contributed by atoms with Gasteiger partial charge in [-0.05, 0) is 6.26 Å². The van der Waals surface area contributed by atoms with E-state index in [0.29, 0.717) is 16.7 Å². The van der Waals surface area contributed by atoms with Crippen molar-refractivity contribution < 1.29 is 4.42 Å². The first-order valence-electron chi connectivity index (χ1n) is 2.69. The van der Waals surface area contributed by atoms with Gasteiger partial charge >= 0.3 is 0 Å². The molecule has 0 atom stereocenters. The van der Waals surface area contributed by atoms with Gasteiger partial charge in [-0.1, -0.05) is 11.8 Å². The number of nitrogens with zero attached hydrogens (tertiary/aromatic N) is 2. The lowest BCUT2D eigenvalue weighted by atomic mass is 10.5. The quantitative estimate of drug-likeness (QED) is 0.576. The molecular weight excluding hydrogens is 148 g/mol. The zero-order chi connectivity index (χ0) is 7.56. The summed E-state index contributed by atoms with van der Waals surface area (Å²) in [6, 6.07) is 1.94. The molecule has 0 saturated heterocycles. The first-order valence-corrected chi connectivity index (χ1v) is 3.92. The van der Waals surface area contributed by atoms with E-state index in [1.165, 1.54) is 11.8 Å². The summed E-state index contributed by atoms with van der Waals surface area (Å²) < 4.78 is 5.08. The molecule has 1 rings (SSSR count). The summed E-state index contributed by atoms with van der Waals surface area (Å²) in [5.41, 5.74) is 0.380. The van der Waals surface area contributed by atoms with Crippen LogP contribution in [0.4, 0.5) is 0 Å². The number of hydrogen-bond donors (Lipinski definition) is 0. The van der Waals surface area contributed by atoms with Gasteiger partial charge in [-0.15, -0.1) is 0 Å². The highest BCUT2D eigenvalue weighted by molar-refractivity contribution is 7.98. The summed E-state index contributed by atoms with van der Waals surface area (Å²) in [5.74, 6) is 0.543. The summed E-state index contributed by atoms with van der Waals surface area (Å²) in [4.78, 5) is 3.85. The topological polar surface area (TPSA) is 49.8 Å². The molecule has 0 radical (unpaired) electrons. The number of nitriles is 1. The van der Waals surface area contributed by atoms with Crippen molar-refractivity contribution in [3.05, 3.63) is 11.6 Å². The number of hydrogen-bond acceptors (Lipinski definition) is 4. The molecule has 0 amide bonds. The number of aryl methyl sites for hydroxylation is 1. The second-order valence-electron chi connectivity index (χ2n) is 1.68. The van der Waals surface area contributed by atoms with Crippen molar-refractivity contribution in [1.82, 2.24) is 4.98 Å². The minimum Gasteiger partial charge on any atom is -0.433 e. The molecule has 0 N–H and O–H groups in total. The Bertz CT molecular complexity index is 274. The standard InChI is InChI=1S/C6H6N2OS/c1-4-8-5(3-7)6(9-4)10-2/h1-2H3. The van der Waals surface area contributed by atoms with E-state index in [2.05, 4.69) is 4.98 Å². The third-order valence-corrected chi connectivity index (χ3v) is 1.64. The lowest BCUT2D eigenvalue weighted by molar-refractivity contribution is 0.441. The van der Waals surface area contributed by atoms with Gasteiger partial charge < -0.3 is 4.42 Å². The fraction of sp³-hybridized carbons (Fsp3) is 0.333. The Kier molecular flexibility index (Phi) is 1.97. The number of oxazole rings is 1. The Hall–Kier alpha value is -0.950. The highest BCUT2D eigenvalue weighted by atomic mass is 32.2. The van der Waals surface area contributed by atoms with E-state index in [0.717, 1.165) is 0 Å². The Morgan fingerprint density at radius 1 is 1.70 bits per heavy atom. The second-order valence-corrected chi connectivity index (χ2v) is 2.46. The molecule has 4 heteroatoms. The van der Waals surface area contributed by atoms with Gasteiger partial charge in [0.1, 0.15) is 6.07 Å². The molecular formula is C6H6N2OS. The molecule has 52 valence electrons. The normalized spacial score (nSPS) is 9.30. The Morgan fingerprint density at radius 3 is 2.80 bits per heavy atom. The summed E-state index contributed by atoms with van der Waals surface area (Å²) in [7, 11) is 0. The smallest absolute Gasteiger partial charge is 0.198 e. The molecule has 1 aromatic heterocycles. The largest absolute Gasteiger partial charge is 0.433 e. The number of aromatic nitrogens is 1. The highest BCUT2D eigenvalue weighted by Crippen LogP contribution is 2.19. The second kappa shape index (κ2) is 2.76. The average molecular weight is 154 g/mol. The minimum atomic E-state index is 0.380. The molecule has 0 aliphatic rings. The molecule has 1 aromatic rings. The van der Waals surface area contributed by atoms with E-state index < -0.39 is 0 Å². The first kappa shape index (κ1) is 7.16. The third-order valence-electron chi connectivity index (χ3n) is 0.994. The monoisotopic (exact) mass is 154 g/mol. The molecule has 0 aliphatic heterocycles. The van der Waals surface area contributed by atoms with E-state index in [-0.39, 0.29) is 0 Å². The van der Waals surface area contributed by atoms with Crippen LogP contribution in [0, 0.1) is 18.3 Å². The Labute approximate surface area is 63.1 Å². The third kappa shape index (κ3) is 1.14. The van der Waals surface area contributed by atoms with Crippen LogP contribution in [-0.2, 0) is 0 Å². The summed E-state index contributed by atoms with van der Waals surface area (Å²) in [6.45, 7) is 1.72. The van der Waals surface area contributed by atoms with Crippen molar-refractivity contribution in [2.45, 2.75) is 12.0 Å². The van der Waals surface area contributed by atoms with Crippen molar-refractivity contribution in [3.63, 3.8) is 0 Å². The van der Waals surface area contributed by atoms with Crippen LogP contribution < -0.4 is 0 Å². The van der Waals surface area contributed by atoms with Gasteiger partial charge in [0.25, 0.3) is 0 Å². The zero-order valence-corrected chi connectivity index (χ0v) is 6.53. The summed E-state index contributed by atoms with van der Waals surface area (Å²) in [6.07, 6.45) is 1.85. The van der Waals surface area contributed by atoms with Crippen LogP contribution in [0.3, 0.4) is 0 Å². The molecule has 0 aliphatic carbocycles. The molecule has 0 fully saturated rings. The summed E-state index contributed by atoms with van der Waals surface area (Å²) in [5, 5.41) is 9.07. The van der Waals surface area contributed by atoms with Gasteiger partial charge in [0.15, 0.2) is 16.7 Å². The molecule has 0 bridgehead atoms. The average Bonchev–Trinajstić information content (AvgIpc) is 2.30. The van der Waals surface area contributed by atoms with Gasteiger partial charge in [-0.25, -0.2) is 4.98 Å². The molecule has 10 heavy (non-hydrogen) atoms. The maximum atomic E-state index is 8.48. The predicted molar refractivity (Wildman–Crippen MR) is 37.7 cm³/mol. The highest BCUT2D eigenvalue weighted by Gasteiger charge is 2.07. The molecule has 0 spiro atoms. The lowest BCUT2D eigenvalue weighted by Crippen LogP contribution is -1.74. The van der Waals surface area contributed by atoms with Crippen molar-refractivity contribution >= 4 is 11.8 Å². The molecule has 1 heterocycles. The van der Waals surface area contributed by atoms with Crippen LogP contribution in [0.1, 0.15) is 11.6 Å². The van der Waals surface area contributed by atoms with Crippen molar-refractivity contribution in [2.24, 2.45) is 0 Å². The molecule has 0 unspecified atom stereocenters. The molecule has 0 saturated carbocycles. The van der Waals surface area contributed by atoms with Gasteiger partial charge in [-0.3, -0.25) is 0 Å². The van der Waals surface area contributed by atoms with Gasteiger partial charge in [-0.2, -0.15) is 5.26 Å². The van der Waals surface area contributed by atoms with Crippen LogP contribution >= 0.6 is 11.8 Å². The van der Waals surface area contributed by atoms with Crippen molar-refractivity contribution in [3.8, 4) is 6.07 Å². The van der Waals surface area contributed by atoms with Gasteiger partial charge in [0.2, 0.25) is 0 Å². The van der Waals surface area contributed by atoms with Crippen molar-refractivity contribution in [1.29, 1.82) is 5.26 Å². The predicted octanol–water partition coefficient (Wildman–Crippen LogP) is 1.58. The zero-order valence-electron chi connectivity index (χ0n) is 5.71. The van der Waals surface area contributed by atoms with Crippen LogP contribution in [0.25, 0.3) is 0 Å². The maximum Gasteiger partial charge on any atom is 0.198 e. The van der Waals surface area contributed by atoms with E-state index in [9.17, 15) is 0 Å². The van der Waals surface area contributed by atoms with Crippen LogP contribution in [0.2, 0.25) is 0 Å². The van der Waals surface area contributed by atoms with Crippen molar-refractivity contribution in [2.75, 3.05) is 6.26 Å². The molecule has 0 aromatic carbocycles. The number of thioether (sulfide) groups is 1. The number of rotatable bonds is 1. The summed E-state index contributed by atoms with van der Waals surface area (Å²) >= 11 is 1.39. The fourth-order valence-corrected chi connectivity index (χ4v) is 1.11. The Morgan fingerprint density at radius 2 is 2.40 bits per heavy atom. The minimum absolute atomic E-state index is 0.380. The van der Waals surface area contributed by atoms with E-state index in [4.69, 9.17) is 9.68 Å². The van der Waals surface area contributed by atoms with Crippen LogP contribution in [0.5, 0.6) is 0 Å². The van der Waals surface area contributed by atoms with E-state index in [1.807, 2.05) is 12.3 Å². The molecule has 3 nitrogen and oxygen atoms in total. The lowest BCUT2D eigenvalue weighted by Gasteiger charge is -1.82. The van der Waals surface area contributed by atoms with Gasteiger partial charge in [0, 0.05) is 6.92 Å². The van der Waals surface area contributed by atoms with Crippen LogP contribution in [-0.4, -0.2) is 11.2 Å². The fourth-order valence-electron chi connectivity index (χ4n) is 0.617. The van der Waals surface area contributed by atoms with E-state index >= 15 is 0 Å². The first-order chi connectivity index (χ1) is 4.77. The SMILES string of the molecule is CSc1oc(C)nc1C#N. The maximum absolute atomic E-state index is 8.48. The van der Waals surface area contributed by atoms with E-state index in [1.54, 1.807) is 6.92 Å². The van der Waals surface area contributed by atoms with Crippen LogP contribution in [0.15, 0.2) is 9.51 Å².